The molecule has 3 aromatic heterocycles. The number of alkyl halides is 3. The minimum Gasteiger partial charge on any atom is -0.406 e. The molecule has 0 aliphatic carbocycles. The molecule has 0 saturated carbocycles. The molecule has 0 bridgehead atoms. The van der Waals surface area contributed by atoms with Crippen LogP contribution in [0.3, 0.4) is 0 Å². The summed E-state index contributed by atoms with van der Waals surface area (Å²) in [5, 5.41) is 8.27. The summed E-state index contributed by atoms with van der Waals surface area (Å²) in [5.74, 6) is -3.49. The lowest BCUT2D eigenvalue weighted by Gasteiger charge is -2.13. The second kappa shape index (κ2) is 9.00. The minimum absolute atomic E-state index is 0.0789. The summed E-state index contributed by atoms with van der Waals surface area (Å²) in [6, 6.07) is 11.2. The molecular formula is C24H13F6N5O2. The van der Waals surface area contributed by atoms with Crippen molar-refractivity contribution in [2.24, 2.45) is 0 Å². The molecule has 0 unspecified atom stereocenters. The molecule has 0 fully saturated rings. The molecule has 37 heavy (non-hydrogen) atoms. The fourth-order valence-corrected chi connectivity index (χ4v) is 3.62. The molecule has 0 radical (unpaired) electrons. The van der Waals surface area contributed by atoms with Crippen molar-refractivity contribution in [2.45, 2.75) is 6.36 Å². The van der Waals surface area contributed by atoms with Crippen molar-refractivity contribution >= 4 is 0 Å². The first-order valence-corrected chi connectivity index (χ1v) is 10.4. The number of halogens is 6. The van der Waals surface area contributed by atoms with Crippen LogP contribution >= 0.6 is 0 Å². The maximum Gasteiger partial charge on any atom is 0.573 e. The highest BCUT2D eigenvalue weighted by Crippen LogP contribution is 2.27. The predicted molar refractivity (Wildman–Crippen MR) is 118 cm³/mol. The molecule has 7 nitrogen and oxygen atoms in total. The van der Waals surface area contributed by atoms with Gasteiger partial charge >= 0.3 is 6.36 Å². The standard InChI is InChI=1S/C24H13F6N5O2/c25-17-11-14(33-12-18(26)19(27)13-33)4-5-20(17)34-9-7-22(36)23(32-34)21-6-8-31-35(21)15-2-1-3-16(10-15)37-24(28,29)30/h1-13H. The van der Waals surface area contributed by atoms with Crippen molar-refractivity contribution < 1.29 is 31.1 Å². The summed E-state index contributed by atoms with van der Waals surface area (Å²) < 4.78 is 86.8. The van der Waals surface area contributed by atoms with Gasteiger partial charge in [0, 0.05) is 42.5 Å². The van der Waals surface area contributed by atoms with E-state index in [4.69, 9.17) is 0 Å². The lowest BCUT2D eigenvalue weighted by Crippen LogP contribution is -2.17. The smallest absolute Gasteiger partial charge is 0.406 e. The summed E-state index contributed by atoms with van der Waals surface area (Å²) in [4.78, 5) is 12.6. The first-order valence-electron chi connectivity index (χ1n) is 10.4. The summed E-state index contributed by atoms with van der Waals surface area (Å²) in [6.07, 6.45) is -0.651. The molecule has 2 aromatic carbocycles. The molecule has 188 valence electrons. The van der Waals surface area contributed by atoms with E-state index >= 15 is 0 Å². The number of nitrogens with zero attached hydrogens (tertiary/aromatic N) is 5. The van der Waals surface area contributed by atoms with Gasteiger partial charge in [0.1, 0.15) is 11.4 Å². The van der Waals surface area contributed by atoms with Crippen LogP contribution in [0.5, 0.6) is 5.75 Å². The highest BCUT2D eigenvalue weighted by molar-refractivity contribution is 5.58. The van der Waals surface area contributed by atoms with Gasteiger partial charge in [0.15, 0.2) is 23.1 Å². The lowest BCUT2D eigenvalue weighted by molar-refractivity contribution is -0.274. The molecule has 0 atom stereocenters. The van der Waals surface area contributed by atoms with E-state index in [1.165, 1.54) is 47.4 Å². The quantitative estimate of drug-likeness (QED) is 0.301. The molecule has 0 amide bonds. The van der Waals surface area contributed by atoms with Crippen molar-refractivity contribution in [3.63, 3.8) is 0 Å². The van der Waals surface area contributed by atoms with E-state index in [-0.39, 0.29) is 28.5 Å². The Bertz CT molecular complexity index is 1650. The molecule has 0 aliphatic heterocycles. The summed E-state index contributed by atoms with van der Waals surface area (Å²) in [7, 11) is 0. The van der Waals surface area contributed by atoms with Crippen molar-refractivity contribution in [1.29, 1.82) is 0 Å². The predicted octanol–water partition coefficient (Wildman–Crippen LogP) is 5.19. The highest BCUT2D eigenvalue weighted by atomic mass is 19.4. The number of hydrogen-bond acceptors (Lipinski definition) is 4. The van der Waals surface area contributed by atoms with E-state index in [2.05, 4.69) is 14.9 Å². The van der Waals surface area contributed by atoms with E-state index < -0.39 is 35.0 Å². The van der Waals surface area contributed by atoms with Gasteiger partial charge < -0.3 is 9.30 Å². The van der Waals surface area contributed by atoms with Gasteiger partial charge in [-0.3, -0.25) is 4.79 Å². The van der Waals surface area contributed by atoms with Crippen molar-refractivity contribution in [2.75, 3.05) is 0 Å². The number of aromatic nitrogens is 5. The van der Waals surface area contributed by atoms with Gasteiger partial charge in [-0.1, -0.05) is 6.07 Å². The average Bonchev–Trinajstić information content (AvgIpc) is 3.45. The molecule has 3 heterocycles. The van der Waals surface area contributed by atoms with Crippen LogP contribution in [0.25, 0.3) is 28.5 Å². The Morgan fingerprint density at radius 1 is 0.838 bits per heavy atom. The van der Waals surface area contributed by atoms with Crippen LogP contribution in [0.4, 0.5) is 26.3 Å². The van der Waals surface area contributed by atoms with Gasteiger partial charge in [-0.25, -0.2) is 22.5 Å². The Morgan fingerprint density at radius 3 is 2.30 bits per heavy atom. The number of rotatable bonds is 5. The van der Waals surface area contributed by atoms with Crippen LogP contribution in [0.15, 0.2) is 84.2 Å². The topological polar surface area (TPSA) is 66.9 Å². The fraction of sp³-hybridized carbons (Fsp3) is 0.0417. The molecule has 0 aliphatic rings. The van der Waals surface area contributed by atoms with Gasteiger partial charge in [-0.15, -0.1) is 13.2 Å². The third-order valence-corrected chi connectivity index (χ3v) is 5.20. The third-order valence-electron chi connectivity index (χ3n) is 5.20. The first kappa shape index (κ1) is 23.9. The zero-order chi connectivity index (χ0) is 26.3. The number of hydrogen-bond donors (Lipinski definition) is 0. The minimum atomic E-state index is -4.90. The Hall–Kier alpha value is -4.81. The van der Waals surface area contributed by atoms with E-state index in [1.54, 1.807) is 0 Å². The van der Waals surface area contributed by atoms with Crippen LogP contribution in [-0.4, -0.2) is 30.5 Å². The number of ether oxygens (including phenoxy) is 1. The third kappa shape index (κ3) is 4.83. The Kier molecular flexibility index (Phi) is 5.82. The largest absolute Gasteiger partial charge is 0.573 e. The molecule has 0 saturated heterocycles. The summed E-state index contributed by atoms with van der Waals surface area (Å²) in [6.45, 7) is 0. The zero-order valence-electron chi connectivity index (χ0n) is 18.3. The van der Waals surface area contributed by atoms with Gasteiger partial charge in [0.2, 0.25) is 5.43 Å². The van der Waals surface area contributed by atoms with Crippen molar-refractivity contribution in [3.05, 3.63) is 107 Å². The SMILES string of the molecule is O=c1ccn(-c2ccc(-n3cc(F)c(F)c3)cc2F)nc1-c1ccnn1-c1cccc(OC(F)(F)F)c1. The van der Waals surface area contributed by atoms with Gasteiger partial charge in [0.25, 0.3) is 0 Å². The van der Waals surface area contributed by atoms with Crippen LogP contribution in [0.1, 0.15) is 0 Å². The molecule has 5 aromatic rings. The zero-order valence-corrected chi connectivity index (χ0v) is 18.3. The van der Waals surface area contributed by atoms with Gasteiger partial charge in [-0.05, 0) is 30.3 Å². The van der Waals surface area contributed by atoms with Crippen LogP contribution in [-0.2, 0) is 0 Å². The van der Waals surface area contributed by atoms with Gasteiger partial charge in [-0.2, -0.15) is 10.2 Å². The second-order valence-corrected chi connectivity index (χ2v) is 7.64. The highest BCUT2D eigenvalue weighted by Gasteiger charge is 2.31. The molecule has 13 heteroatoms. The molecular weight excluding hydrogens is 504 g/mol. The lowest BCUT2D eigenvalue weighted by atomic mass is 10.2. The molecule has 0 N–H and O–H groups in total. The Balaban J connectivity index is 1.53. The monoisotopic (exact) mass is 517 g/mol. The fourth-order valence-electron chi connectivity index (χ4n) is 3.62. The number of benzene rings is 2. The summed E-state index contributed by atoms with van der Waals surface area (Å²) >= 11 is 0. The van der Waals surface area contributed by atoms with Gasteiger partial charge in [0.05, 0.1) is 17.6 Å². The molecule has 0 spiro atoms. The normalized spacial score (nSPS) is 11.6. The van der Waals surface area contributed by atoms with Crippen LogP contribution < -0.4 is 10.2 Å². The molecule has 5 rings (SSSR count). The van der Waals surface area contributed by atoms with E-state index in [0.717, 1.165) is 45.9 Å². The van der Waals surface area contributed by atoms with Crippen molar-refractivity contribution in [3.8, 4) is 34.2 Å². The van der Waals surface area contributed by atoms with E-state index in [9.17, 15) is 31.1 Å². The Morgan fingerprint density at radius 2 is 1.59 bits per heavy atom. The Labute approximate surface area is 203 Å². The van der Waals surface area contributed by atoms with Crippen LogP contribution in [0.2, 0.25) is 0 Å². The average molecular weight is 517 g/mol. The second-order valence-electron chi connectivity index (χ2n) is 7.64. The first-order chi connectivity index (χ1) is 17.6. The van der Waals surface area contributed by atoms with E-state index in [1.807, 2.05) is 0 Å². The maximum absolute atomic E-state index is 15.0. The van der Waals surface area contributed by atoms with E-state index in [0.29, 0.717) is 0 Å². The maximum atomic E-state index is 15.0. The summed E-state index contributed by atoms with van der Waals surface area (Å²) in [5.41, 5.74) is -0.385. The van der Waals surface area contributed by atoms with Crippen molar-refractivity contribution in [1.82, 2.24) is 24.1 Å². The van der Waals surface area contributed by atoms with Crippen LogP contribution in [0, 0.1) is 17.5 Å².